The fourth-order valence-corrected chi connectivity index (χ4v) is 2.35. The molecule has 0 unspecified atom stereocenters. The van der Waals surface area contributed by atoms with Crippen LogP contribution in [0.5, 0.6) is 0 Å². The zero-order chi connectivity index (χ0) is 12.8. The molecule has 1 aromatic heterocycles. The van der Waals surface area contributed by atoms with Gasteiger partial charge >= 0.3 is 6.09 Å². The Morgan fingerprint density at radius 2 is 2.29 bits per heavy atom. The summed E-state index contributed by atoms with van der Waals surface area (Å²) < 4.78 is 21.0. The third-order valence-corrected chi connectivity index (χ3v) is 3.17. The molecule has 1 rings (SSSR count). The number of thiophene rings is 1. The number of anilines is 1. The van der Waals surface area contributed by atoms with Gasteiger partial charge in [0.1, 0.15) is 10.5 Å². The first-order valence-corrected chi connectivity index (χ1v) is 7.22. The molecule has 0 spiro atoms. The predicted octanol–water partition coefficient (Wildman–Crippen LogP) is 1.62. The molecule has 5 nitrogen and oxygen atoms in total. The summed E-state index contributed by atoms with van der Waals surface area (Å²) in [5, 5.41) is 9.64. The van der Waals surface area contributed by atoms with E-state index in [1.54, 1.807) is 6.07 Å². The van der Waals surface area contributed by atoms with Gasteiger partial charge in [-0.25, -0.2) is 9.69 Å². The molecule has 1 N–H and O–H groups in total. The molecule has 1 heterocycles. The standard InChI is InChI=1S/C9H6BrNO4S2/c10-5-1-2-7-3-4-8(16-7)11(9(12)13)6-17(14)15/h3-4,6H,5H2,(H,12,13). The van der Waals surface area contributed by atoms with Crippen LogP contribution in [0.25, 0.3) is 0 Å². The highest BCUT2D eigenvalue weighted by atomic mass is 79.9. The summed E-state index contributed by atoms with van der Waals surface area (Å²) in [7, 11) is -2.58. The summed E-state index contributed by atoms with van der Waals surface area (Å²) >= 11 is 4.23. The van der Waals surface area contributed by atoms with Crippen LogP contribution in [0.1, 0.15) is 4.88 Å². The number of carbonyl (C=O) groups is 1. The van der Waals surface area contributed by atoms with E-state index in [1.165, 1.54) is 6.07 Å². The Hall–Kier alpha value is -1.30. The summed E-state index contributed by atoms with van der Waals surface area (Å²) in [6.07, 6.45) is -1.36. The van der Waals surface area contributed by atoms with Crippen LogP contribution in [-0.4, -0.2) is 30.4 Å². The lowest BCUT2D eigenvalue weighted by Gasteiger charge is -2.07. The molecule has 0 aliphatic heterocycles. The zero-order valence-corrected chi connectivity index (χ0v) is 11.5. The Labute approximate surface area is 111 Å². The third kappa shape index (κ3) is 4.22. The van der Waals surface area contributed by atoms with E-state index in [0.717, 1.165) is 11.3 Å². The molecule has 1 amide bonds. The van der Waals surface area contributed by atoms with Gasteiger partial charge in [-0.05, 0) is 12.1 Å². The molecule has 8 heteroatoms. The molecule has 0 fully saturated rings. The molecule has 90 valence electrons. The van der Waals surface area contributed by atoms with E-state index in [2.05, 4.69) is 27.8 Å². The van der Waals surface area contributed by atoms with Crippen molar-refractivity contribution in [2.45, 2.75) is 0 Å². The van der Waals surface area contributed by atoms with Crippen LogP contribution in [0.4, 0.5) is 9.80 Å². The van der Waals surface area contributed by atoms with Crippen molar-refractivity contribution in [1.82, 2.24) is 0 Å². The molecule has 0 radical (unpaired) electrons. The van der Waals surface area contributed by atoms with E-state index in [1.807, 2.05) is 0 Å². The number of carboxylic acid groups (broad SMARTS) is 1. The van der Waals surface area contributed by atoms with E-state index >= 15 is 0 Å². The van der Waals surface area contributed by atoms with E-state index in [9.17, 15) is 13.2 Å². The summed E-state index contributed by atoms with van der Waals surface area (Å²) in [5.41, 5.74) is 0.593. The summed E-state index contributed by atoms with van der Waals surface area (Å²) in [6.45, 7) is 0. The summed E-state index contributed by atoms with van der Waals surface area (Å²) in [4.78, 5) is 12.1. The SMILES string of the molecule is O=C(O)N(C=S(=O)=O)c1ccc(C#CCBr)s1. The molecule has 0 aromatic carbocycles. The van der Waals surface area contributed by atoms with Crippen molar-refractivity contribution in [1.29, 1.82) is 0 Å². The highest BCUT2D eigenvalue weighted by molar-refractivity contribution is 9.09. The Bertz CT molecular complexity index is 600. The molecular formula is C9H6BrNO4S2. The molecule has 0 bridgehead atoms. The largest absolute Gasteiger partial charge is 0.464 e. The van der Waals surface area contributed by atoms with Gasteiger partial charge in [0, 0.05) is 0 Å². The van der Waals surface area contributed by atoms with E-state index in [4.69, 9.17) is 5.11 Å². The lowest BCUT2D eigenvalue weighted by molar-refractivity contribution is 0.206. The van der Waals surface area contributed by atoms with Gasteiger partial charge in [0.25, 0.3) is 0 Å². The molecule has 0 aliphatic carbocycles. The number of halogens is 1. The molecule has 1 aromatic rings. The van der Waals surface area contributed by atoms with Crippen molar-refractivity contribution in [2.24, 2.45) is 0 Å². The first-order valence-electron chi connectivity index (χ1n) is 4.14. The van der Waals surface area contributed by atoms with E-state index in [-0.39, 0.29) is 5.00 Å². The molecular weight excluding hydrogens is 330 g/mol. The summed E-state index contributed by atoms with van der Waals surface area (Å²) in [6, 6.07) is 3.13. The summed E-state index contributed by atoms with van der Waals surface area (Å²) in [5.74, 6) is 5.56. The number of hydrogen-bond donors (Lipinski definition) is 1. The minimum Gasteiger partial charge on any atom is -0.464 e. The third-order valence-electron chi connectivity index (χ3n) is 1.51. The molecule has 0 atom stereocenters. The lowest BCUT2D eigenvalue weighted by Crippen LogP contribution is -2.26. The van der Waals surface area contributed by atoms with E-state index in [0.29, 0.717) is 20.6 Å². The van der Waals surface area contributed by atoms with Crippen molar-refractivity contribution in [2.75, 3.05) is 10.2 Å². The highest BCUT2D eigenvalue weighted by Crippen LogP contribution is 2.24. The van der Waals surface area contributed by atoms with Gasteiger partial charge in [-0.2, -0.15) is 8.42 Å². The maximum absolute atomic E-state index is 10.8. The van der Waals surface area contributed by atoms with Gasteiger partial charge < -0.3 is 5.11 Å². The normalized spacial score (nSPS) is 9.00. The Morgan fingerprint density at radius 1 is 1.59 bits per heavy atom. The maximum atomic E-state index is 10.8. The first kappa shape index (κ1) is 13.8. The smallest absolute Gasteiger partial charge is 0.417 e. The van der Waals surface area contributed by atoms with Crippen LogP contribution < -0.4 is 4.90 Å². The Kier molecular flexibility index (Phi) is 5.21. The van der Waals surface area contributed by atoms with Crippen LogP contribution >= 0.6 is 27.3 Å². The number of alkyl halides is 1. The molecule has 0 saturated carbocycles. The van der Waals surface area contributed by atoms with Gasteiger partial charge in [-0.1, -0.05) is 27.8 Å². The van der Waals surface area contributed by atoms with Crippen molar-refractivity contribution in [3.8, 4) is 11.8 Å². The zero-order valence-electron chi connectivity index (χ0n) is 8.25. The van der Waals surface area contributed by atoms with Crippen molar-refractivity contribution in [3.05, 3.63) is 17.0 Å². The molecule has 0 saturated heterocycles. The van der Waals surface area contributed by atoms with Crippen LogP contribution in [0, 0.1) is 11.8 Å². The topological polar surface area (TPSA) is 74.7 Å². The van der Waals surface area contributed by atoms with Crippen LogP contribution in [0.2, 0.25) is 0 Å². The maximum Gasteiger partial charge on any atom is 0.417 e. The quantitative estimate of drug-likeness (QED) is 0.506. The number of amides is 1. The lowest BCUT2D eigenvalue weighted by atomic mass is 10.4. The van der Waals surface area contributed by atoms with Crippen LogP contribution in [0.3, 0.4) is 0 Å². The van der Waals surface area contributed by atoms with Crippen molar-refractivity contribution in [3.63, 3.8) is 0 Å². The van der Waals surface area contributed by atoms with Gasteiger partial charge in [0.2, 0.25) is 10.3 Å². The average Bonchev–Trinajstić information content (AvgIpc) is 2.70. The van der Waals surface area contributed by atoms with Gasteiger partial charge in [-0.15, -0.1) is 11.3 Å². The van der Waals surface area contributed by atoms with Crippen molar-refractivity contribution >= 4 is 54.1 Å². The number of nitrogens with zero attached hydrogens (tertiary/aromatic N) is 1. The Balaban J connectivity index is 3.08. The van der Waals surface area contributed by atoms with Gasteiger partial charge in [0.15, 0.2) is 0 Å². The second-order valence-corrected chi connectivity index (χ2v) is 4.95. The highest BCUT2D eigenvalue weighted by Gasteiger charge is 2.14. The fourth-order valence-electron chi connectivity index (χ4n) is 0.922. The molecule has 17 heavy (non-hydrogen) atoms. The molecule has 0 aliphatic rings. The predicted molar refractivity (Wildman–Crippen MR) is 70.5 cm³/mol. The fraction of sp³-hybridized carbons (Fsp3) is 0.111. The Morgan fingerprint density at radius 3 is 2.82 bits per heavy atom. The number of hydrogen-bond acceptors (Lipinski definition) is 4. The average molecular weight is 336 g/mol. The van der Waals surface area contributed by atoms with Crippen LogP contribution in [-0.2, 0) is 10.3 Å². The minimum atomic E-state index is -2.58. The van der Waals surface area contributed by atoms with E-state index < -0.39 is 16.4 Å². The minimum absolute atomic E-state index is 0.278. The first-order chi connectivity index (χ1) is 8.04. The van der Waals surface area contributed by atoms with Crippen molar-refractivity contribution < 1.29 is 18.3 Å². The second kappa shape index (κ2) is 6.44. The number of rotatable bonds is 2. The monoisotopic (exact) mass is 335 g/mol. The van der Waals surface area contributed by atoms with Gasteiger partial charge in [0.05, 0.1) is 10.2 Å². The van der Waals surface area contributed by atoms with Gasteiger partial charge in [-0.3, -0.25) is 0 Å². The second-order valence-electron chi connectivity index (χ2n) is 2.59. The van der Waals surface area contributed by atoms with Crippen LogP contribution in [0.15, 0.2) is 12.1 Å².